The van der Waals surface area contributed by atoms with Gasteiger partial charge in [0.15, 0.2) is 0 Å². The summed E-state index contributed by atoms with van der Waals surface area (Å²) in [4.78, 5) is 0. The molecule has 20 heavy (non-hydrogen) atoms. The highest BCUT2D eigenvalue weighted by Gasteiger charge is 2.14. The number of rotatable bonds is 1. The van der Waals surface area contributed by atoms with Crippen LogP contribution in [-0.2, 0) is 7.05 Å². The summed E-state index contributed by atoms with van der Waals surface area (Å²) in [6.07, 6.45) is 0. The number of nitrogens with zero attached hydrogens (tertiary/aromatic N) is 2. The van der Waals surface area contributed by atoms with E-state index in [9.17, 15) is 0 Å². The molecule has 0 N–H and O–H groups in total. The Labute approximate surface area is 118 Å². The predicted molar refractivity (Wildman–Crippen MR) is 82.5 cm³/mol. The fraction of sp³-hybridized carbons (Fsp3) is 0.167. The van der Waals surface area contributed by atoms with Crippen molar-refractivity contribution in [2.75, 3.05) is 0 Å². The van der Waals surface area contributed by atoms with E-state index < -0.39 is 0 Å². The van der Waals surface area contributed by atoms with Crippen LogP contribution in [-0.4, -0.2) is 4.57 Å². The Balaban J connectivity index is 2.38. The number of nitriles is 1. The second-order valence-electron chi connectivity index (χ2n) is 5.19. The molecule has 0 spiro atoms. The Morgan fingerprint density at radius 2 is 1.80 bits per heavy atom. The van der Waals surface area contributed by atoms with Crippen LogP contribution in [0.25, 0.3) is 22.2 Å². The molecule has 2 nitrogen and oxygen atoms in total. The molecule has 2 heteroatoms. The molecule has 0 atom stereocenters. The van der Waals surface area contributed by atoms with Gasteiger partial charge < -0.3 is 4.57 Å². The largest absolute Gasteiger partial charge is 0.343 e. The number of hydrogen-bond donors (Lipinski definition) is 0. The molecule has 3 rings (SSSR count). The van der Waals surface area contributed by atoms with E-state index in [1.807, 2.05) is 18.2 Å². The van der Waals surface area contributed by atoms with E-state index in [2.05, 4.69) is 55.8 Å². The molecule has 0 saturated carbocycles. The summed E-state index contributed by atoms with van der Waals surface area (Å²) < 4.78 is 2.22. The maximum Gasteiger partial charge on any atom is 0.0991 e. The van der Waals surface area contributed by atoms with E-state index in [-0.39, 0.29) is 0 Å². The molecule has 0 fully saturated rings. The molecule has 0 aliphatic rings. The van der Waals surface area contributed by atoms with Crippen molar-refractivity contribution in [1.29, 1.82) is 5.26 Å². The second kappa shape index (κ2) is 4.54. The van der Waals surface area contributed by atoms with E-state index in [0.717, 1.165) is 5.39 Å². The van der Waals surface area contributed by atoms with Crippen LogP contribution >= 0.6 is 0 Å². The van der Waals surface area contributed by atoms with Gasteiger partial charge in [0.05, 0.1) is 17.3 Å². The lowest BCUT2D eigenvalue weighted by molar-refractivity contribution is 0.972. The van der Waals surface area contributed by atoms with Gasteiger partial charge in [-0.25, -0.2) is 0 Å². The normalized spacial score (nSPS) is 10.7. The van der Waals surface area contributed by atoms with Gasteiger partial charge in [0.25, 0.3) is 0 Å². The van der Waals surface area contributed by atoms with Crippen molar-refractivity contribution in [2.45, 2.75) is 13.8 Å². The summed E-state index contributed by atoms with van der Waals surface area (Å²) in [6.45, 7) is 4.26. The predicted octanol–water partition coefficient (Wildman–Crippen LogP) is 4.33. The zero-order valence-corrected chi connectivity index (χ0v) is 11.9. The van der Waals surface area contributed by atoms with E-state index in [0.29, 0.717) is 5.56 Å². The highest BCUT2D eigenvalue weighted by molar-refractivity contribution is 5.92. The third-order valence-corrected chi connectivity index (χ3v) is 3.98. The molecule has 0 aliphatic carbocycles. The van der Waals surface area contributed by atoms with Crippen LogP contribution in [0.5, 0.6) is 0 Å². The molecule has 2 aromatic carbocycles. The molecular weight excluding hydrogens is 244 g/mol. The molecule has 0 radical (unpaired) electrons. The van der Waals surface area contributed by atoms with Crippen LogP contribution in [0.1, 0.15) is 16.7 Å². The van der Waals surface area contributed by atoms with Crippen LogP contribution in [0.2, 0.25) is 0 Å². The number of benzene rings is 2. The first-order valence-electron chi connectivity index (χ1n) is 6.68. The fourth-order valence-electron chi connectivity index (χ4n) is 2.92. The van der Waals surface area contributed by atoms with Gasteiger partial charge in [-0.05, 0) is 43.2 Å². The van der Waals surface area contributed by atoms with E-state index in [4.69, 9.17) is 5.26 Å². The van der Waals surface area contributed by atoms with Crippen molar-refractivity contribution in [3.05, 3.63) is 59.2 Å². The van der Waals surface area contributed by atoms with Crippen LogP contribution in [0.3, 0.4) is 0 Å². The topological polar surface area (TPSA) is 28.7 Å². The van der Waals surface area contributed by atoms with Gasteiger partial charge in [0.2, 0.25) is 0 Å². The number of aryl methyl sites for hydroxylation is 3. The standard InChI is InChI=1S/C18H16N2/c1-12-6-4-5-7-15(12)18-13(2)16-10-14(11-19)8-9-17(16)20(18)3/h4-10H,1-3H3. The summed E-state index contributed by atoms with van der Waals surface area (Å²) in [5.74, 6) is 0. The molecule has 1 aromatic heterocycles. The van der Waals surface area contributed by atoms with Crippen LogP contribution in [0.4, 0.5) is 0 Å². The summed E-state index contributed by atoms with van der Waals surface area (Å²) in [6, 6.07) is 16.5. The Bertz CT molecular complexity index is 848. The SMILES string of the molecule is Cc1ccccc1-c1c(C)c2cc(C#N)ccc2n1C. The molecule has 98 valence electrons. The Kier molecular flexibility index (Phi) is 2.84. The van der Waals surface area contributed by atoms with Crippen molar-refractivity contribution in [3.63, 3.8) is 0 Å². The molecule has 0 amide bonds. The minimum Gasteiger partial charge on any atom is -0.343 e. The highest BCUT2D eigenvalue weighted by Crippen LogP contribution is 2.34. The van der Waals surface area contributed by atoms with E-state index in [1.54, 1.807) is 0 Å². The third-order valence-electron chi connectivity index (χ3n) is 3.98. The average molecular weight is 260 g/mol. The Morgan fingerprint density at radius 3 is 2.50 bits per heavy atom. The van der Waals surface area contributed by atoms with Crippen LogP contribution in [0.15, 0.2) is 42.5 Å². The van der Waals surface area contributed by atoms with Gasteiger partial charge in [-0.15, -0.1) is 0 Å². The summed E-state index contributed by atoms with van der Waals surface area (Å²) >= 11 is 0. The first kappa shape index (κ1) is 12.5. The minimum absolute atomic E-state index is 0.711. The zero-order valence-electron chi connectivity index (χ0n) is 11.9. The van der Waals surface area contributed by atoms with Gasteiger partial charge in [-0.2, -0.15) is 5.26 Å². The quantitative estimate of drug-likeness (QED) is 0.640. The second-order valence-corrected chi connectivity index (χ2v) is 5.19. The van der Waals surface area contributed by atoms with E-state index in [1.165, 1.54) is 27.9 Å². The molecule has 0 saturated heterocycles. The number of aromatic nitrogens is 1. The van der Waals surface area contributed by atoms with Gasteiger partial charge in [0, 0.05) is 23.5 Å². The minimum atomic E-state index is 0.711. The zero-order chi connectivity index (χ0) is 14.3. The maximum atomic E-state index is 9.07. The monoisotopic (exact) mass is 260 g/mol. The molecule has 0 bridgehead atoms. The number of hydrogen-bond acceptors (Lipinski definition) is 1. The molecular formula is C18H16N2. The van der Waals surface area contributed by atoms with Crippen molar-refractivity contribution < 1.29 is 0 Å². The van der Waals surface area contributed by atoms with E-state index >= 15 is 0 Å². The highest BCUT2D eigenvalue weighted by atomic mass is 14.9. The van der Waals surface area contributed by atoms with Gasteiger partial charge >= 0.3 is 0 Å². The van der Waals surface area contributed by atoms with Crippen molar-refractivity contribution in [3.8, 4) is 17.3 Å². The molecule has 0 aliphatic heterocycles. The lowest BCUT2D eigenvalue weighted by atomic mass is 10.0. The lowest BCUT2D eigenvalue weighted by Crippen LogP contribution is -1.94. The smallest absolute Gasteiger partial charge is 0.0991 e. The Morgan fingerprint density at radius 1 is 1.05 bits per heavy atom. The first-order chi connectivity index (χ1) is 9.63. The van der Waals surface area contributed by atoms with Gasteiger partial charge in [0.1, 0.15) is 0 Å². The third kappa shape index (κ3) is 1.71. The summed E-state index contributed by atoms with van der Waals surface area (Å²) in [7, 11) is 2.09. The lowest BCUT2D eigenvalue weighted by Gasteiger charge is -2.09. The maximum absolute atomic E-state index is 9.07. The first-order valence-corrected chi connectivity index (χ1v) is 6.68. The van der Waals surface area contributed by atoms with Crippen molar-refractivity contribution >= 4 is 10.9 Å². The van der Waals surface area contributed by atoms with Crippen LogP contribution in [0, 0.1) is 25.2 Å². The molecule has 3 aromatic rings. The van der Waals surface area contributed by atoms with Gasteiger partial charge in [-0.3, -0.25) is 0 Å². The summed E-state index contributed by atoms with van der Waals surface area (Å²) in [5.41, 5.74) is 6.86. The fourth-order valence-corrected chi connectivity index (χ4v) is 2.92. The number of fused-ring (bicyclic) bond motifs is 1. The average Bonchev–Trinajstić information content (AvgIpc) is 2.71. The summed E-state index contributed by atoms with van der Waals surface area (Å²) in [5, 5.41) is 10.2. The van der Waals surface area contributed by atoms with Gasteiger partial charge in [-0.1, -0.05) is 24.3 Å². The van der Waals surface area contributed by atoms with Crippen molar-refractivity contribution in [1.82, 2.24) is 4.57 Å². The molecule has 1 heterocycles. The van der Waals surface area contributed by atoms with Crippen LogP contribution < -0.4 is 0 Å². The Hall–Kier alpha value is -2.53. The molecule has 0 unspecified atom stereocenters. The van der Waals surface area contributed by atoms with Crippen molar-refractivity contribution in [2.24, 2.45) is 7.05 Å².